The van der Waals surface area contributed by atoms with E-state index < -0.39 is 5.60 Å². The Morgan fingerprint density at radius 2 is 1.91 bits per heavy atom. The van der Waals surface area contributed by atoms with Crippen LogP contribution in [0.25, 0.3) is 10.8 Å². The molecule has 1 saturated heterocycles. The number of nitrogens with zero attached hydrogens (tertiary/aromatic N) is 1. The zero-order valence-corrected chi connectivity index (χ0v) is 14.0. The fourth-order valence-electron chi connectivity index (χ4n) is 3.06. The highest BCUT2D eigenvalue weighted by Crippen LogP contribution is 2.30. The van der Waals surface area contributed by atoms with Gasteiger partial charge in [0.25, 0.3) is 0 Å². The van der Waals surface area contributed by atoms with E-state index in [-0.39, 0.29) is 12.1 Å². The topological polar surface area (TPSA) is 41.6 Å². The van der Waals surface area contributed by atoms with E-state index in [4.69, 9.17) is 4.74 Å². The second-order valence-corrected chi connectivity index (χ2v) is 6.96. The normalized spacial score (nSPS) is 18.9. The van der Waals surface area contributed by atoms with Crippen LogP contribution < -0.4 is 5.32 Å². The van der Waals surface area contributed by atoms with E-state index in [1.54, 1.807) is 0 Å². The Kier molecular flexibility index (Phi) is 4.26. The fraction of sp³-hybridized carbons (Fsp3) is 0.421. The Balaban J connectivity index is 1.96. The molecule has 0 unspecified atom stereocenters. The Labute approximate surface area is 137 Å². The lowest BCUT2D eigenvalue weighted by atomic mass is 9.96. The van der Waals surface area contributed by atoms with Gasteiger partial charge in [0.05, 0.1) is 6.04 Å². The molecule has 1 heterocycles. The highest BCUT2D eigenvalue weighted by atomic mass is 16.6. The molecule has 1 fully saturated rings. The number of carbonyl (C=O) groups excluding carboxylic acids is 1. The van der Waals surface area contributed by atoms with Gasteiger partial charge in [-0.25, -0.2) is 4.79 Å². The van der Waals surface area contributed by atoms with Gasteiger partial charge in [-0.2, -0.15) is 0 Å². The molecule has 2 aromatic carbocycles. The van der Waals surface area contributed by atoms with Crippen molar-refractivity contribution in [1.82, 2.24) is 10.2 Å². The van der Waals surface area contributed by atoms with Crippen molar-refractivity contribution in [3.05, 3.63) is 48.0 Å². The number of hydrogen-bond acceptors (Lipinski definition) is 3. The quantitative estimate of drug-likeness (QED) is 0.872. The monoisotopic (exact) mass is 312 g/mol. The van der Waals surface area contributed by atoms with Gasteiger partial charge in [0.1, 0.15) is 5.60 Å². The molecule has 4 heteroatoms. The average molecular weight is 312 g/mol. The Morgan fingerprint density at radius 3 is 2.70 bits per heavy atom. The lowest BCUT2D eigenvalue weighted by molar-refractivity contribution is 0.0119. The molecule has 2 aromatic rings. The minimum Gasteiger partial charge on any atom is -0.444 e. The molecular weight excluding hydrogens is 288 g/mol. The van der Waals surface area contributed by atoms with Gasteiger partial charge in [-0.3, -0.25) is 4.90 Å². The van der Waals surface area contributed by atoms with Crippen LogP contribution >= 0.6 is 0 Å². The van der Waals surface area contributed by atoms with Crippen LogP contribution in [0.2, 0.25) is 0 Å². The van der Waals surface area contributed by atoms with E-state index in [0.717, 1.165) is 13.1 Å². The van der Waals surface area contributed by atoms with Crippen molar-refractivity contribution < 1.29 is 9.53 Å². The third-order valence-corrected chi connectivity index (χ3v) is 4.05. The predicted octanol–water partition coefficient (Wildman–Crippen LogP) is 3.72. The van der Waals surface area contributed by atoms with E-state index >= 15 is 0 Å². The number of rotatable bonds is 1. The van der Waals surface area contributed by atoms with Crippen LogP contribution in [0, 0.1) is 0 Å². The average Bonchev–Trinajstić information content (AvgIpc) is 2.53. The molecule has 1 aliphatic rings. The van der Waals surface area contributed by atoms with Crippen LogP contribution in [-0.2, 0) is 4.74 Å². The van der Waals surface area contributed by atoms with Gasteiger partial charge in [-0.05, 0) is 37.1 Å². The van der Waals surface area contributed by atoms with E-state index in [1.807, 2.05) is 37.8 Å². The van der Waals surface area contributed by atoms with Crippen LogP contribution in [0.3, 0.4) is 0 Å². The maximum Gasteiger partial charge on any atom is 0.410 e. The molecule has 0 radical (unpaired) electrons. The van der Waals surface area contributed by atoms with E-state index in [2.05, 4.69) is 35.6 Å². The number of fused-ring (bicyclic) bond motifs is 1. The molecule has 1 aliphatic heterocycles. The zero-order chi connectivity index (χ0) is 16.4. The van der Waals surface area contributed by atoms with Crippen LogP contribution in [0.5, 0.6) is 0 Å². The molecule has 1 atom stereocenters. The predicted molar refractivity (Wildman–Crippen MR) is 92.5 cm³/mol. The van der Waals surface area contributed by atoms with Gasteiger partial charge in [-0.1, -0.05) is 42.5 Å². The summed E-state index contributed by atoms with van der Waals surface area (Å²) in [5.74, 6) is 0. The highest BCUT2D eigenvalue weighted by Gasteiger charge is 2.32. The van der Waals surface area contributed by atoms with Gasteiger partial charge >= 0.3 is 6.09 Å². The molecule has 0 bridgehead atoms. The number of hydrogen-bond donors (Lipinski definition) is 1. The molecule has 0 spiro atoms. The van der Waals surface area contributed by atoms with Crippen molar-refractivity contribution in [2.24, 2.45) is 0 Å². The van der Waals surface area contributed by atoms with Crippen molar-refractivity contribution in [3.8, 4) is 0 Å². The smallest absolute Gasteiger partial charge is 0.410 e. The van der Waals surface area contributed by atoms with Crippen molar-refractivity contribution in [2.75, 3.05) is 19.6 Å². The Bertz CT molecular complexity index is 701. The fourth-order valence-corrected chi connectivity index (χ4v) is 3.06. The van der Waals surface area contributed by atoms with Gasteiger partial charge < -0.3 is 10.1 Å². The lowest BCUT2D eigenvalue weighted by Gasteiger charge is -2.37. The summed E-state index contributed by atoms with van der Waals surface area (Å²) >= 11 is 0. The molecule has 0 aliphatic carbocycles. The molecule has 122 valence electrons. The number of nitrogens with one attached hydrogen (secondary N) is 1. The minimum atomic E-state index is -0.481. The molecule has 23 heavy (non-hydrogen) atoms. The summed E-state index contributed by atoms with van der Waals surface area (Å²) < 4.78 is 5.60. The standard InChI is InChI=1S/C19H24N2O2/c1-19(2,3)23-18(22)21-12-11-20-13-17(21)16-10-6-8-14-7-4-5-9-15(14)16/h4-10,17,20H,11-13H2,1-3H3/t17-/m0/s1. The Hall–Kier alpha value is -2.07. The van der Waals surface area contributed by atoms with Crippen molar-refractivity contribution in [2.45, 2.75) is 32.4 Å². The first-order valence-electron chi connectivity index (χ1n) is 8.14. The van der Waals surface area contributed by atoms with Gasteiger partial charge in [0, 0.05) is 19.6 Å². The maximum atomic E-state index is 12.6. The maximum absolute atomic E-state index is 12.6. The first-order chi connectivity index (χ1) is 11.0. The van der Waals surface area contributed by atoms with Crippen LogP contribution in [0.15, 0.2) is 42.5 Å². The van der Waals surface area contributed by atoms with E-state index in [1.165, 1.54) is 16.3 Å². The molecule has 1 N–H and O–H groups in total. The van der Waals surface area contributed by atoms with Crippen LogP contribution in [-0.4, -0.2) is 36.2 Å². The molecule has 0 saturated carbocycles. The summed E-state index contributed by atoms with van der Waals surface area (Å²) in [7, 11) is 0. The van der Waals surface area contributed by atoms with E-state index in [0.29, 0.717) is 6.54 Å². The van der Waals surface area contributed by atoms with Crippen molar-refractivity contribution >= 4 is 16.9 Å². The zero-order valence-electron chi connectivity index (χ0n) is 14.0. The number of ether oxygens (including phenoxy) is 1. The summed E-state index contributed by atoms with van der Waals surface area (Å²) in [6.45, 7) is 7.90. The third kappa shape index (κ3) is 3.48. The summed E-state index contributed by atoms with van der Waals surface area (Å²) in [5, 5.41) is 5.78. The van der Waals surface area contributed by atoms with Crippen molar-refractivity contribution in [1.29, 1.82) is 0 Å². The van der Waals surface area contributed by atoms with Gasteiger partial charge in [-0.15, -0.1) is 0 Å². The first-order valence-corrected chi connectivity index (χ1v) is 8.14. The van der Waals surface area contributed by atoms with Crippen LogP contribution in [0.1, 0.15) is 32.4 Å². The summed E-state index contributed by atoms with van der Waals surface area (Å²) in [6, 6.07) is 14.6. The van der Waals surface area contributed by atoms with Gasteiger partial charge in [0.15, 0.2) is 0 Å². The second-order valence-electron chi connectivity index (χ2n) is 6.96. The van der Waals surface area contributed by atoms with Crippen LogP contribution in [0.4, 0.5) is 4.79 Å². The molecule has 3 rings (SSSR count). The molecule has 4 nitrogen and oxygen atoms in total. The van der Waals surface area contributed by atoms with E-state index in [9.17, 15) is 4.79 Å². The molecule has 1 amide bonds. The highest BCUT2D eigenvalue weighted by molar-refractivity contribution is 5.86. The summed E-state index contributed by atoms with van der Waals surface area (Å²) in [4.78, 5) is 14.5. The number of benzene rings is 2. The minimum absolute atomic E-state index is 0.00954. The summed E-state index contributed by atoms with van der Waals surface area (Å²) in [6.07, 6.45) is -0.239. The number of piperazine rings is 1. The SMILES string of the molecule is CC(C)(C)OC(=O)N1CCNC[C@H]1c1cccc2ccccc12. The van der Waals surface area contributed by atoms with Crippen molar-refractivity contribution in [3.63, 3.8) is 0 Å². The largest absolute Gasteiger partial charge is 0.444 e. The van der Waals surface area contributed by atoms with Gasteiger partial charge in [0.2, 0.25) is 0 Å². The lowest BCUT2D eigenvalue weighted by Crippen LogP contribution is -2.50. The Morgan fingerprint density at radius 1 is 1.17 bits per heavy atom. The first kappa shape index (κ1) is 15.8. The molecular formula is C19H24N2O2. The number of amides is 1. The number of carbonyl (C=O) groups is 1. The third-order valence-electron chi connectivity index (χ3n) is 4.05. The second kappa shape index (κ2) is 6.20. The summed E-state index contributed by atoms with van der Waals surface area (Å²) in [5.41, 5.74) is 0.687. The molecule has 0 aromatic heterocycles.